The molecule has 1 fully saturated rings. The smallest absolute Gasteiger partial charge is 0.346 e. The van der Waals surface area contributed by atoms with E-state index in [1.54, 1.807) is 18.0 Å². The third kappa shape index (κ3) is 4.50. The van der Waals surface area contributed by atoms with Gasteiger partial charge in [0.25, 0.3) is 0 Å². The van der Waals surface area contributed by atoms with Crippen LogP contribution in [0.2, 0.25) is 0 Å². The van der Waals surface area contributed by atoms with Crippen LogP contribution in [0, 0.1) is 6.92 Å². The summed E-state index contributed by atoms with van der Waals surface area (Å²) in [5.74, 6) is 0.319. The minimum Gasteiger partial charge on any atom is -0.465 e. The van der Waals surface area contributed by atoms with Gasteiger partial charge in [-0.3, -0.25) is 4.79 Å². The molecule has 1 amide bonds. The van der Waals surface area contributed by atoms with Crippen molar-refractivity contribution in [2.45, 2.75) is 11.9 Å². The summed E-state index contributed by atoms with van der Waals surface area (Å²) in [6.07, 6.45) is 1.75. The quantitative estimate of drug-likeness (QED) is 0.442. The highest BCUT2D eigenvalue weighted by molar-refractivity contribution is 8.00. The number of H-pyrrole nitrogens is 1. The molecular weight excluding hydrogens is 382 g/mol. The topological polar surface area (TPSA) is 108 Å². The van der Waals surface area contributed by atoms with Crippen LogP contribution in [-0.2, 0) is 9.53 Å². The van der Waals surface area contributed by atoms with Crippen LogP contribution in [0.15, 0.2) is 34.2 Å². The number of rotatable bonds is 5. The average Bonchev–Trinajstić information content (AvgIpc) is 2.72. The number of anilines is 1. The molecule has 0 bridgehead atoms. The fraction of sp³-hybridized carbons (Fsp3) is 0.389. The molecule has 148 valence electrons. The molecule has 10 heteroatoms. The molecule has 0 spiro atoms. The molecule has 2 aromatic heterocycles. The molecule has 0 radical (unpaired) electrons. The van der Waals surface area contributed by atoms with E-state index < -0.39 is 11.7 Å². The third-order valence-corrected chi connectivity index (χ3v) is 5.37. The Kier molecular flexibility index (Phi) is 6.30. The van der Waals surface area contributed by atoms with E-state index in [9.17, 15) is 14.4 Å². The number of hydrogen-bond acceptors (Lipinski definition) is 8. The van der Waals surface area contributed by atoms with E-state index >= 15 is 0 Å². The van der Waals surface area contributed by atoms with Crippen molar-refractivity contribution in [3.05, 3.63) is 46.1 Å². The Labute approximate surface area is 166 Å². The zero-order chi connectivity index (χ0) is 20.1. The van der Waals surface area contributed by atoms with Gasteiger partial charge in [-0.25, -0.2) is 14.6 Å². The van der Waals surface area contributed by atoms with Crippen molar-refractivity contribution < 1.29 is 14.3 Å². The summed E-state index contributed by atoms with van der Waals surface area (Å²) in [4.78, 5) is 50.8. The molecule has 0 unspecified atom stereocenters. The van der Waals surface area contributed by atoms with Gasteiger partial charge in [0.15, 0.2) is 0 Å². The number of nitrogens with one attached hydrogen (secondary N) is 1. The molecule has 3 rings (SSSR count). The molecule has 0 atom stereocenters. The van der Waals surface area contributed by atoms with Gasteiger partial charge in [0, 0.05) is 38.1 Å². The van der Waals surface area contributed by atoms with Gasteiger partial charge in [-0.15, -0.1) is 0 Å². The minimum absolute atomic E-state index is 0.0683. The number of carbonyl (C=O) groups is 2. The first-order chi connectivity index (χ1) is 13.5. The summed E-state index contributed by atoms with van der Waals surface area (Å²) in [5.41, 5.74) is -0.0188. The van der Waals surface area contributed by atoms with E-state index in [1.807, 2.05) is 18.2 Å². The van der Waals surface area contributed by atoms with Crippen LogP contribution >= 0.6 is 11.8 Å². The summed E-state index contributed by atoms with van der Waals surface area (Å²) in [6.45, 7) is 4.16. The van der Waals surface area contributed by atoms with Crippen LogP contribution in [0.4, 0.5) is 5.82 Å². The SMILES string of the molecule is COC(=O)c1c(SCC(=O)N2CCN(c3ccccn3)CC2)nc(=O)[nH]c1C. The third-order valence-electron chi connectivity index (χ3n) is 4.41. The second-order valence-corrected chi connectivity index (χ2v) is 7.15. The molecule has 0 aliphatic carbocycles. The summed E-state index contributed by atoms with van der Waals surface area (Å²) >= 11 is 1.07. The van der Waals surface area contributed by atoms with E-state index in [2.05, 4.69) is 19.9 Å². The molecule has 0 saturated carbocycles. The predicted molar refractivity (Wildman–Crippen MR) is 105 cm³/mol. The fourth-order valence-electron chi connectivity index (χ4n) is 2.95. The number of aromatic amines is 1. The van der Waals surface area contributed by atoms with Crippen LogP contribution < -0.4 is 10.6 Å². The van der Waals surface area contributed by atoms with Crippen molar-refractivity contribution in [2.24, 2.45) is 0 Å². The highest BCUT2D eigenvalue weighted by Crippen LogP contribution is 2.22. The standard InChI is InChI=1S/C18H21N5O4S/c1-12-15(17(25)27-2)16(21-18(26)20-12)28-11-14(24)23-9-7-22(8-10-23)13-5-3-4-6-19-13/h3-6H,7-11H2,1-2H3,(H,20,21,26). The van der Waals surface area contributed by atoms with Crippen molar-refractivity contribution in [1.82, 2.24) is 19.9 Å². The maximum atomic E-state index is 12.6. The fourth-order valence-corrected chi connectivity index (χ4v) is 3.92. The molecule has 1 N–H and O–H groups in total. The molecule has 0 aromatic carbocycles. The first-order valence-electron chi connectivity index (χ1n) is 8.75. The van der Waals surface area contributed by atoms with Crippen LogP contribution in [0.1, 0.15) is 16.1 Å². The highest BCUT2D eigenvalue weighted by atomic mass is 32.2. The first kappa shape index (κ1) is 19.9. The number of carbonyl (C=O) groups excluding carboxylic acids is 2. The number of ether oxygens (including phenoxy) is 1. The van der Waals surface area contributed by atoms with E-state index in [0.29, 0.717) is 31.9 Å². The summed E-state index contributed by atoms with van der Waals surface area (Å²) in [7, 11) is 1.26. The Hall–Kier alpha value is -2.88. The summed E-state index contributed by atoms with van der Waals surface area (Å²) in [5, 5.41) is 0.202. The van der Waals surface area contributed by atoms with Gasteiger partial charge in [0.2, 0.25) is 5.91 Å². The number of pyridine rings is 1. The first-order valence-corrected chi connectivity index (χ1v) is 9.74. The molecule has 28 heavy (non-hydrogen) atoms. The van der Waals surface area contributed by atoms with Gasteiger partial charge in [0.05, 0.1) is 12.9 Å². The monoisotopic (exact) mass is 403 g/mol. The second kappa shape index (κ2) is 8.87. The Morgan fingerprint density at radius 2 is 2.00 bits per heavy atom. The maximum Gasteiger partial charge on any atom is 0.346 e. The normalized spacial score (nSPS) is 14.1. The Balaban J connectivity index is 1.61. The Bertz CT molecular complexity index is 910. The lowest BCUT2D eigenvalue weighted by Gasteiger charge is -2.35. The highest BCUT2D eigenvalue weighted by Gasteiger charge is 2.24. The van der Waals surface area contributed by atoms with E-state index in [0.717, 1.165) is 17.6 Å². The van der Waals surface area contributed by atoms with Crippen molar-refractivity contribution in [3.63, 3.8) is 0 Å². The molecule has 3 heterocycles. The van der Waals surface area contributed by atoms with Gasteiger partial charge in [0.1, 0.15) is 16.4 Å². The van der Waals surface area contributed by atoms with Crippen LogP contribution in [-0.4, -0.2) is 70.8 Å². The zero-order valence-electron chi connectivity index (χ0n) is 15.7. The molecular formula is C18H21N5O4S. The molecule has 9 nitrogen and oxygen atoms in total. The van der Waals surface area contributed by atoms with Gasteiger partial charge in [-0.2, -0.15) is 4.98 Å². The molecule has 2 aromatic rings. The lowest BCUT2D eigenvalue weighted by Crippen LogP contribution is -2.49. The number of aromatic nitrogens is 3. The lowest BCUT2D eigenvalue weighted by atomic mass is 10.2. The lowest BCUT2D eigenvalue weighted by molar-refractivity contribution is -0.128. The van der Waals surface area contributed by atoms with Gasteiger partial charge in [-0.1, -0.05) is 17.8 Å². The van der Waals surface area contributed by atoms with E-state index in [4.69, 9.17) is 4.74 Å². The Morgan fingerprint density at radius 3 is 2.64 bits per heavy atom. The number of esters is 1. The number of aryl methyl sites for hydroxylation is 1. The van der Waals surface area contributed by atoms with Crippen LogP contribution in [0.25, 0.3) is 0 Å². The van der Waals surface area contributed by atoms with Crippen LogP contribution in [0.5, 0.6) is 0 Å². The Morgan fingerprint density at radius 1 is 1.25 bits per heavy atom. The van der Waals surface area contributed by atoms with Crippen molar-refractivity contribution >= 4 is 29.5 Å². The minimum atomic E-state index is -0.597. The number of nitrogens with zero attached hydrogens (tertiary/aromatic N) is 4. The van der Waals surface area contributed by atoms with E-state index in [-0.39, 0.29) is 22.2 Å². The van der Waals surface area contributed by atoms with Gasteiger partial charge < -0.3 is 19.5 Å². The number of thioether (sulfide) groups is 1. The van der Waals surface area contributed by atoms with Crippen molar-refractivity contribution in [2.75, 3.05) is 43.9 Å². The average molecular weight is 403 g/mol. The summed E-state index contributed by atoms with van der Waals surface area (Å²) < 4.78 is 4.75. The van der Waals surface area contributed by atoms with Crippen molar-refractivity contribution in [1.29, 1.82) is 0 Å². The second-order valence-electron chi connectivity index (χ2n) is 6.18. The number of piperazine rings is 1. The van der Waals surface area contributed by atoms with Crippen LogP contribution in [0.3, 0.4) is 0 Å². The molecule has 1 saturated heterocycles. The van der Waals surface area contributed by atoms with E-state index in [1.165, 1.54) is 7.11 Å². The summed E-state index contributed by atoms with van der Waals surface area (Å²) in [6, 6.07) is 5.75. The predicted octanol–water partition coefficient (Wildman–Crippen LogP) is 0.701. The zero-order valence-corrected chi connectivity index (χ0v) is 16.5. The molecule has 1 aliphatic rings. The number of hydrogen-bond donors (Lipinski definition) is 1. The largest absolute Gasteiger partial charge is 0.465 e. The maximum absolute atomic E-state index is 12.6. The number of amides is 1. The van der Waals surface area contributed by atoms with Gasteiger partial charge in [-0.05, 0) is 19.1 Å². The number of methoxy groups -OCH3 is 1. The molecule has 1 aliphatic heterocycles. The van der Waals surface area contributed by atoms with Gasteiger partial charge >= 0.3 is 11.7 Å². The van der Waals surface area contributed by atoms with Crippen molar-refractivity contribution in [3.8, 4) is 0 Å².